The van der Waals surface area contributed by atoms with E-state index in [4.69, 9.17) is 40.5 Å². The predicted octanol–water partition coefficient (Wildman–Crippen LogP) is 2.50. The molecule has 3 nitrogen and oxygen atoms in total. The first-order chi connectivity index (χ1) is 5.82. The van der Waals surface area contributed by atoms with E-state index in [0.717, 1.165) is 5.56 Å². The summed E-state index contributed by atoms with van der Waals surface area (Å²) in [6.45, 7) is 3.60. The summed E-state index contributed by atoms with van der Waals surface area (Å²) >= 11 is 16.8. The van der Waals surface area contributed by atoms with Crippen LogP contribution in [-0.4, -0.2) is 9.97 Å². The minimum atomic E-state index is -1.62. The zero-order chi connectivity index (χ0) is 10.2. The van der Waals surface area contributed by atoms with Crippen molar-refractivity contribution in [1.82, 2.24) is 9.97 Å². The van der Waals surface area contributed by atoms with Gasteiger partial charge in [0.05, 0.1) is 0 Å². The van der Waals surface area contributed by atoms with Crippen molar-refractivity contribution >= 4 is 40.6 Å². The minimum absolute atomic E-state index is 0.109. The van der Waals surface area contributed by atoms with Gasteiger partial charge in [0.1, 0.15) is 5.82 Å². The quantitative estimate of drug-likeness (QED) is 0.709. The zero-order valence-corrected chi connectivity index (χ0v) is 9.37. The van der Waals surface area contributed by atoms with Gasteiger partial charge in [-0.1, -0.05) is 34.8 Å². The van der Waals surface area contributed by atoms with Crippen LogP contribution in [0.4, 0.5) is 5.82 Å². The highest BCUT2D eigenvalue weighted by Gasteiger charge is 2.27. The third-order valence-corrected chi connectivity index (χ3v) is 2.19. The van der Waals surface area contributed by atoms with Gasteiger partial charge in [-0.2, -0.15) is 0 Å². The van der Waals surface area contributed by atoms with E-state index in [1.54, 1.807) is 6.92 Å². The van der Waals surface area contributed by atoms with Crippen molar-refractivity contribution in [2.24, 2.45) is 0 Å². The Morgan fingerprint density at radius 2 is 1.69 bits per heavy atom. The van der Waals surface area contributed by atoms with Gasteiger partial charge in [-0.15, -0.1) is 0 Å². The first kappa shape index (κ1) is 10.8. The predicted molar refractivity (Wildman–Crippen MR) is 55.2 cm³/mol. The molecule has 0 atom stereocenters. The lowest BCUT2D eigenvalue weighted by Crippen LogP contribution is -2.11. The second-order valence-corrected chi connectivity index (χ2v) is 4.92. The van der Waals surface area contributed by atoms with Gasteiger partial charge in [-0.05, 0) is 13.8 Å². The molecule has 1 aromatic heterocycles. The highest BCUT2D eigenvalue weighted by atomic mass is 35.6. The van der Waals surface area contributed by atoms with Gasteiger partial charge < -0.3 is 5.73 Å². The third kappa shape index (κ3) is 2.36. The maximum Gasteiger partial charge on any atom is 0.250 e. The number of alkyl halides is 3. The van der Waals surface area contributed by atoms with Crippen LogP contribution in [0.3, 0.4) is 0 Å². The van der Waals surface area contributed by atoms with Crippen molar-refractivity contribution < 1.29 is 0 Å². The van der Waals surface area contributed by atoms with Gasteiger partial charge in [-0.3, -0.25) is 0 Å². The molecule has 0 radical (unpaired) electrons. The second kappa shape index (κ2) is 3.48. The molecule has 0 bridgehead atoms. The molecule has 1 aromatic rings. The normalized spacial score (nSPS) is 11.8. The van der Waals surface area contributed by atoms with Crippen LogP contribution in [0.5, 0.6) is 0 Å². The Morgan fingerprint density at radius 3 is 2.08 bits per heavy atom. The van der Waals surface area contributed by atoms with Gasteiger partial charge in [-0.25, -0.2) is 9.97 Å². The summed E-state index contributed by atoms with van der Waals surface area (Å²) in [5, 5.41) is 0. The molecular weight excluding hydrogens is 232 g/mol. The number of halogens is 3. The Bertz CT molecular complexity index is 309. The Balaban J connectivity index is 3.29. The molecule has 0 saturated heterocycles. The lowest BCUT2D eigenvalue weighted by atomic mass is 10.2. The molecule has 0 aliphatic heterocycles. The van der Waals surface area contributed by atoms with Crippen molar-refractivity contribution in [3.63, 3.8) is 0 Å². The summed E-state index contributed by atoms with van der Waals surface area (Å²) in [5.41, 5.74) is 7.11. The molecule has 0 aliphatic carbocycles. The molecule has 0 amide bonds. The Labute approximate surface area is 91.2 Å². The van der Waals surface area contributed by atoms with Crippen LogP contribution < -0.4 is 5.73 Å². The maximum atomic E-state index is 5.61. The molecule has 0 saturated carbocycles. The molecule has 1 rings (SSSR count). The van der Waals surface area contributed by atoms with Crippen molar-refractivity contribution in [2.45, 2.75) is 17.6 Å². The second-order valence-electron chi connectivity index (χ2n) is 2.64. The van der Waals surface area contributed by atoms with Crippen LogP contribution >= 0.6 is 34.8 Å². The van der Waals surface area contributed by atoms with Gasteiger partial charge >= 0.3 is 0 Å². The number of rotatable bonds is 0. The molecule has 0 aliphatic rings. The summed E-state index contributed by atoms with van der Waals surface area (Å²) in [4.78, 5) is 7.89. The first-order valence-electron chi connectivity index (χ1n) is 3.50. The third-order valence-electron chi connectivity index (χ3n) is 1.68. The van der Waals surface area contributed by atoms with E-state index in [2.05, 4.69) is 9.97 Å². The standard InChI is InChI=1S/C7H8Cl3N3/c1-3-4(2)12-6(7(8,9)10)13-5(3)11/h1-2H3,(H2,11,12,13). The molecule has 0 spiro atoms. The van der Waals surface area contributed by atoms with Crippen LogP contribution in [0, 0.1) is 13.8 Å². The van der Waals surface area contributed by atoms with Crippen molar-refractivity contribution in [2.75, 3.05) is 5.73 Å². The van der Waals surface area contributed by atoms with E-state index in [1.807, 2.05) is 6.92 Å². The first-order valence-corrected chi connectivity index (χ1v) is 4.63. The van der Waals surface area contributed by atoms with E-state index >= 15 is 0 Å². The fraction of sp³-hybridized carbons (Fsp3) is 0.429. The summed E-state index contributed by atoms with van der Waals surface area (Å²) in [6.07, 6.45) is 0. The smallest absolute Gasteiger partial charge is 0.250 e. The summed E-state index contributed by atoms with van der Waals surface area (Å²) in [5.74, 6) is 0.451. The monoisotopic (exact) mass is 239 g/mol. The van der Waals surface area contributed by atoms with Gasteiger partial charge in [0.15, 0.2) is 5.82 Å². The number of aryl methyl sites for hydroxylation is 1. The lowest BCUT2D eigenvalue weighted by molar-refractivity contribution is 0.933. The van der Waals surface area contributed by atoms with E-state index < -0.39 is 3.79 Å². The zero-order valence-electron chi connectivity index (χ0n) is 7.11. The summed E-state index contributed by atoms with van der Waals surface area (Å²) in [6, 6.07) is 0. The average Bonchev–Trinajstić information content (AvgIpc) is 1.97. The van der Waals surface area contributed by atoms with Crippen molar-refractivity contribution in [3.8, 4) is 0 Å². The molecular formula is C7H8Cl3N3. The number of hydrogen-bond donors (Lipinski definition) is 1. The number of anilines is 1. The fourth-order valence-electron chi connectivity index (χ4n) is 0.778. The lowest BCUT2D eigenvalue weighted by Gasteiger charge is -2.12. The number of nitrogens with two attached hydrogens (primary N) is 1. The van der Waals surface area contributed by atoms with Gasteiger partial charge in [0.2, 0.25) is 3.79 Å². The van der Waals surface area contributed by atoms with Crippen molar-refractivity contribution in [1.29, 1.82) is 0 Å². The summed E-state index contributed by atoms with van der Waals surface area (Å²) < 4.78 is -1.62. The highest BCUT2D eigenvalue weighted by molar-refractivity contribution is 6.66. The Hall–Kier alpha value is -0.250. The molecule has 2 N–H and O–H groups in total. The summed E-state index contributed by atoms with van der Waals surface area (Å²) in [7, 11) is 0. The molecule has 6 heteroatoms. The molecule has 1 heterocycles. The number of aromatic nitrogens is 2. The van der Waals surface area contributed by atoms with Gasteiger partial charge in [0.25, 0.3) is 0 Å². The molecule has 0 fully saturated rings. The van der Waals surface area contributed by atoms with E-state index in [0.29, 0.717) is 11.5 Å². The SMILES string of the molecule is Cc1nc(C(Cl)(Cl)Cl)nc(N)c1C. The molecule has 72 valence electrons. The van der Waals surface area contributed by atoms with Crippen molar-refractivity contribution in [3.05, 3.63) is 17.1 Å². The van der Waals surface area contributed by atoms with Crippen LogP contribution in [0.15, 0.2) is 0 Å². The minimum Gasteiger partial charge on any atom is -0.383 e. The average molecular weight is 241 g/mol. The van der Waals surface area contributed by atoms with Crippen LogP contribution in [0.1, 0.15) is 17.1 Å². The molecule has 13 heavy (non-hydrogen) atoms. The largest absolute Gasteiger partial charge is 0.383 e. The van der Waals surface area contributed by atoms with E-state index in [-0.39, 0.29) is 5.82 Å². The Kier molecular flexibility index (Phi) is 2.90. The van der Waals surface area contributed by atoms with E-state index in [9.17, 15) is 0 Å². The molecule has 0 aromatic carbocycles. The number of nitrogens with zero attached hydrogens (tertiary/aromatic N) is 2. The van der Waals surface area contributed by atoms with Crippen LogP contribution in [0.25, 0.3) is 0 Å². The number of nitrogen functional groups attached to an aromatic ring is 1. The maximum absolute atomic E-state index is 5.61. The van der Waals surface area contributed by atoms with Gasteiger partial charge in [0, 0.05) is 11.3 Å². The van der Waals surface area contributed by atoms with E-state index in [1.165, 1.54) is 0 Å². The van der Waals surface area contributed by atoms with Crippen LogP contribution in [-0.2, 0) is 3.79 Å². The topological polar surface area (TPSA) is 51.8 Å². The number of hydrogen-bond acceptors (Lipinski definition) is 3. The highest BCUT2D eigenvalue weighted by Crippen LogP contribution is 2.36. The fourth-order valence-corrected chi connectivity index (χ4v) is 1.03. The van der Waals surface area contributed by atoms with Crippen LogP contribution in [0.2, 0.25) is 0 Å². The Morgan fingerprint density at radius 1 is 1.15 bits per heavy atom. The molecule has 0 unspecified atom stereocenters.